The van der Waals surface area contributed by atoms with E-state index in [1.165, 1.54) is 6.42 Å². The molecule has 2 aliphatic rings. The number of amides is 2. The van der Waals surface area contributed by atoms with Crippen molar-refractivity contribution in [2.24, 2.45) is 0 Å². The summed E-state index contributed by atoms with van der Waals surface area (Å²) in [6.45, 7) is 0.135. The standard InChI is InChI=1S/C15H17ClN2O2/c16-10-6-7-13-12(8-10)15(20)18(9-14(19)17-13)11-4-2-1-3-5-11/h6-8,11H,1-5,9H2,(H,17,19). The van der Waals surface area contributed by atoms with Gasteiger partial charge in [0, 0.05) is 11.1 Å². The van der Waals surface area contributed by atoms with Crippen LogP contribution < -0.4 is 5.32 Å². The number of fused-ring (bicyclic) bond motifs is 1. The van der Waals surface area contributed by atoms with Crippen molar-refractivity contribution in [3.63, 3.8) is 0 Å². The lowest BCUT2D eigenvalue weighted by Gasteiger charge is -2.32. The maximum Gasteiger partial charge on any atom is 0.256 e. The fourth-order valence-corrected chi connectivity index (χ4v) is 3.23. The van der Waals surface area contributed by atoms with E-state index in [9.17, 15) is 9.59 Å². The van der Waals surface area contributed by atoms with Crippen LogP contribution in [0.3, 0.4) is 0 Å². The lowest BCUT2D eigenvalue weighted by atomic mass is 9.93. The Morgan fingerprint density at radius 3 is 2.65 bits per heavy atom. The number of hydrogen-bond acceptors (Lipinski definition) is 2. The van der Waals surface area contributed by atoms with Crippen LogP contribution >= 0.6 is 11.6 Å². The zero-order valence-corrected chi connectivity index (χ0v) is 11.9. The highest BCUT2D eigenvalue weighted by atomic mass is 35.5. The minimum atomic E-state index is -0.134. The van der Waals surface area contributed by atoms with Crippen LogP contribution in [0.5, 0.6) is 0 Å². The number of hydrogen-bond donors (Lipinski definition) is 1. The van der Waals surface area contributed by atoms with Crippen molar-refractivity contribution in [1.29, 1.82) is 0 Å². The first-order chi connectivity index (χ1) is 9.65. The van der Waals surface area contributed by atoms with Gasteiger partial charge in [-0.2, -0.15) is 0 Å². The molecule has 2 amide bonds. The van der Waals surface area contributed by atoms with Gasteiger partial charge in [-0.05, 0) is 31.0 Å². The molecule has 0 radical (unpaired) electrons. The molecule has 4 nitrogen and oxygen atoms in total. The Bertz CT molecular complexity index is 553. The third kappa shape index (κ3) is 2.52. The van der Waals surface area contributed by atoms with Crippen LogP contribution in [0.1, 0.15) is 42.5 Å². The average Bonchev–Trinajstić information content (AvgIpc) is 2.58. The van der Waals surface area contributed by atoms with Crippen molar-refractivity contribution in [2.75, 3.05) is 11.9 Å². The molecule has 1 heterocycles. The van der Waals surface area contributed by atoms with Gasteiger partial charge in [-0.3, -0.25) is 9.59 Å². The van der Waals surface area contributed by atoms with E-state index < -0.39 is 0 Å². The fourth-order valence-electron chi connectivity index (χ4n) is 3.06. The summed E-state index contributed by atoms with van der Waals surface area (Å²) in [6, 6.07) is 5.19. The molecule has 1 aliphatic carbocycles. The number of nitrogens with one attached hydrogen (secondary N) is 1. The fraction of sp³-hybridized carbons (Fsp3) is 0.467. The molecule has 0 spiro atoms. The molecule has 5 heteroatoms. The number of benzene rings is 1. The Labute approximate surface area is 123 Å². The highest BCUT2D eigenvalue weighted by Gasteiger charge is 2.32. The molecular formula is C15H17ClN2O2. The van der Waals surface area contributed by atoms with Crippen LogP contribution in [0, 0.1) is 0 Å². The average molecular weight is 293 g/mol. The van der Waals surface area contributed by atoms with Crippen LogP contribution in [0.4, 0.5) is 5.69 Å². The van der Waals surface area contributed by atoms with Crippen LogP contribution in [0.15, 0.2) is 18.2 Å². The molecule has 0 bridgehead atoms. The van der Waals surface area contributed by atoms with Crippen LogP contribution in [0.25, 0.3) is 0 Å². The summed E-state index contributed by atoms with van der Waals surface area (Å²) in [5, 5.41) is 3.30. The topological polar surface area (TPSA) is 49.4 Å². The minimum absolute atomic E-state index is 0.0900. The normalized spacial score (nSPS) is 20.4. The van der Waals surface area contributed by atoms with Gasteiger partial charge in [-0.25, -0.2) is 0 Å². The summed E-state index contributed by atoms with van der Waals surface area (Å²) in [5.41, 5.74) is 1.05. The quantitative estimate of drug-likeness (QED) is 0.865. The largest absolute Gasteiger partial charge is 0.326 e. The number of carbonyl (C=O) groups is 2. The van der Waals surface area contributed by atoms with Gasteiger partial charge >= 0.3 is 0 Å². The van der Waals surface area contributed by atoms with Gasteiger partial charge in [0.1, 0.15) is 6.54 Å². The van der Waals surface area contributed by atoms with Gasteiger partial charge in [0.25, 0.3) is 5.91 Å². The van der Waals surface area contributed by atoms with E-state index in [1.54, 1.807) is 23.1 Å². The van der Waals surface area contributed by atoms with Crippen molar-refractivity contribution < 1.29 is 9.59 Å². The molecular weight excluding hydrogens is 276 g/mol. The Morgan fingerprint density at radius 2 is 1.90 bits per heavy atom. The lowest BCUT2D eigenvalue weighted by Crippen LogP contribution is -2.43. The molecule has 1 fully saturated rings. The van der Waals surface area contributed by atoms with Gasteiger partial charge in [-0.15, -0.1) is 0 Å². The molecule has 0 atom stereocenters. The Morgan fingerprint density at radius 1 is 1.15 bits per heavy atom. The summed E-state index contributed by atoms with van der Waals surface area (Å²) < 4.78 is 0. The molecule has 20 heavy (non-hydrogen) atoms. The zero-order valence-electron chi connectivity index (χ0n) is 11.2. The highest BCUT2D eigenvalue weighted by Crippen LogP contribution is 2.29. The summed E-state index contributed by atoms with van der Waals surface area (Å²) in [7, 11) is 0. The van der Waals surface area contributed by atoms with Gasteiger partial charge in [-0.1, -0.05) is 30.9 Å². The van der Waals surface area contributed by atoms with Gasteiger partial charge < -0.3 is 10.2 Å². The summed E-state index contributed by atoms with van der Waals surface area (Å²) >= 11 is 5.98. The van der Waals surface area contributed by atoms with Gasteiger partial charge in [0.2, 0.25) is 5.91 Å². The minimum Gasteiger partial charge on any atom is -0.326 e. The van der Waals surface area contributed by atoms with Crippen LogP contribution in [0.2, 0.25) is 5.02 Å². The second kappa shape index (κ2) is 5.44. The SMILES string of the molecule is O=C1CN(C2CCCCC2)C(=O)c2cc(Cl)ccc2N1. The highest BCUT2D eigenvalue weighted by molar-refractivity contribution is 6.31. The predicted molar refractivity (Wildman–Crippen MR) is 78.0 cm³/mol. The molecule has 0 unspecified atom stereocenters. The van der Waals surface area contributed by atoms with Crippen molar-refractivity contribution in [1.82, 2.24) is 4.90 Å². The number of anilines is 1. The van der Waals surface area contributed by atoms with E-state index in [4.69, 9.17) is 11.6 Å². The lowest BCUT2D eigenvalue weighted by molar-refractivity contribution is -0.117. The maximum atomic E-state index is 12.7. The van der Waals surface area contributed by atoms with E-state index in [-0.39, 0.29) is 24.4 Å². The van der Waals surface area contributed by atoms with Crippen LogP contribution in [-0.2, 0) is 4.79 Å². The molecule has 0 aromatic heterocycles. The van der Waals surface area contributed by atoms with Gasteiger partial charge in [0.15, 0.2) is 0 Å². The Balaban J connectivity index is 1.96. The Kier molecular flexibility index (Phi) is 3.66. The van der Waals surface area contributed by atoms with E-state index in [1.807, 2.05) is 0 Å². The Hall–Kier alpha value is -1.55. The number of carbonyl (C=O) groups excluding carboxylic acids is 2. The summed E-state index contributed by atoms with van der Waals surface area (Å²) in [6.07, 6.45) is 5.42. The maximum absolute atomic E-state index is 12.7. The van der Waals surface area contributed by atoms with E-state index in [2.05, 4.69) is 5.32 Å². The molecule has 1 aromatic rings. The van der Waals surface area contributed by atoms with E-state index >= 15 is 0 Å². The molecule has 106 valence electrons. The first kappa shape index (κ1) is 13.4. The monoisotopic (exact) mass is 292 g/mol. The van der Waals surface area contributed by atoms with Crippen molar-refractivity contribution in [3.8, 4) is 0 Å². The smallest absolute Gasteiger partial charge is 0.256 e. The van der Waals surface area contributed by atoms with E-state index in [0.717, 1.165) is 25.7 Å². The predicted octanol–water partition coefficient (Wildman–Crippen LogP) is 3.07. The molecule has 1 aromatic carbocycles. The number of halogens is 1. The third-order valence-corrected chi connectivity index (χ3v) is 4.31. The molecule has 1 saturated carbocycles. The van der Waals surface area contributed by atoms with Crippen molar-refractivity contribution in [2.45, 2.75) is 38.1 Å². The first-order valence-electron chi connectivity index (χ1n) is 7.05. The molecule has 0 saturated heterocycles. The van der Waals surface area contributed by atoms with Crippen molar-refractivity contribution in [3.05, 3.63) is 28.8 Å². The molecule has 1 aliphatic heterocycles. The third-order valence-electron chi connectivity index (χ3n) is 4.08. The summed E-state index contributed by atoms with van der Waals surface area (Å²) in [5.74, 6) is -0.224. The second-order valence-electron chi connectivity index (χ2n) is 5.46. The second-order valence-corrected chi connectivity index (χ2v) is 5.90. The molecule has 1 N–H and O–H groups in total. The zero-order chi connectivity index (χ0) is 14.1. The van der Waals surface area contributed by atoms with Crippen molar-refractivity contribution >= 4 is 29.1 Å². The first-order valence-corrected chi connectivity index (χ1v) is 7.43. The van der Waals surface area contributed by atoms with Gasteiger partial charge in [0.05, 0.1) is 11.3 Å². The molecule has 3 rings (SSSR count). The number of nitrogens with zero attached hydrogens (tertiary/aromatic N) is 1. The van der Waals surface area contributed by atoms with E-state index in [0.29, 0.717) is 16.3 Å². The van der Waals surface area contributed by atoms with Crippen LogP contribution in [-0.4, -0.2) is 29.3 Å². The number of rotatable bonds is 1. The summed E-state index contributed by atoms with van der Waals surface area (Å²) in [4.78, 5) is 26.4.